The van der Waals surface area contributed by atoms with Crippen molar-refractivity contribution in [3.63, 3.8) is 0 Å². The molecule has 0 aliphatic heterocycles. The molecule has 0 unspecified atom stereocenters. The molecule has 2 atom stereocenters. The third kappa shape index (κ3) is 1.58. The number of rotatable bonds is 3. The summed E-state index contributed by atoms with van der Waals surface area (Å²) in [7, 11) is 4.29. The Morgan fingerprint density at radius 2 is 2.00 bits per heavy atom. The van der Waals surface area contributed by atoms with E-state index >= 15 is 0 Å². The smallest absolute Gasteiger partial charge is 0.345 e. The summed E-state index contributed by atoms with van der Waals surface area (Å²) < 4.78 is 15.0. The van der Waals surface area contributed by atoms with Crippen LogP contribution in [0.5, 0.6) is 0 Å². The Labute approximate surface area is 83.1 Å². The van der Waals surface area contributed by atoms with Crippen LogP contribution in [0.1, 0.15) is 0 Å². The molecular weight excluding hydrogens is 184 g/mol. The lowest BCUT2D eigenvalue weighted by molar-refractivity contribution is -0.170. The van der Waals surface area contributed by atoms with Gasteiger partial charge in [-0.05, 0) is 6.08 Å². The van der Waals surface area contributed by atoms with Crippen molar-refractivity contribution in [3.8, 4) is 0 Å². The standard InChI is InChI=1S/C10H14O4/c1-12-8-6-4-5-7-10(8,14-3)9(11)13-2/h4-8H,1-3H3/t8-,10+/m1/s1. The minimum atomic E-state index is -1.15. The summed E-state index contributed by atoms with van der Waals surface area (Å²) in [5, 5.41) is 0. The fourth-order valence-electron chi connectivity index (χ4n) is 1.47. The number of esters is 1. The number of allylic oxidation sites excluding steroid dienone is 2. The summed E-state index contributed by atoms with van der Waals surface area (Å²) in [5.41, 5.74) is -1.15. The van der Waals surface area contributed by atoms with E-state index in [-0.39, 0.29) is 0 Å². The van der Waals surface area contributed by atoms with E-state index in [0.717, 1.165) is 0 Å². The van der Waals surface area contributed by atoms with Gasteiger partial charge in [-0.2, -0.15) is 0 Å². The first kappa shape index (κ1) is 10.9. The maximum atomic E-state index is 11.6. The molecule has 1 aliphatic carbocycles. The maximum Gasteiger partial charge on any atom is 0.345 e. The minimum Gasteiger partial charge on any atom is -0.467 e. The van der Waals surface area contributed by atoms with Gasteiger partial charge in [0.15, 0.2) is 0 Å². The van der Waals surface area contributed by atoms with Crippen molar-refractivity contribution >= 4 is 5.97 Å². The zero-order chi connectivity index (χ0) is 10.6. The SMILES string of the molecule is COC(=O)[C@]1(OC)C=CC=C[C@H]1OC. The maximum absolute atomic E-state index is 11.6. The van der Waals surface area contributed by atoms with Crippen molar-refractivity contribution in [2.45, 2.75) is 11.7 Å². The second kappa shape index (κ2) is 4.39. The lowest BCUT2D eigenvalue weighted by atomic mass is 9.92. The van der Waals surface area contributed by atoms with E-state index in [1.54, 1.807) is 24.3 Å². The van der Waals surface area contributed by atoms with Crippen molar-refractivity contribution in [2.75, 3.05) is 21.3 Å². The number of hydrogen-bond acceptors (Lipinski definition) is 4. The van der Waals surface area contributed by atoms with Gasteiger partial charge >= 0.3 is 5.97 Å². The van der Waals surface area contributed by atoms with Crippen LogP contribution in [0.2, 0.25) is 0 Å². The van der Waals surface area contributed by atoms with Crippen LogP contribution in [0, 0.1) is 0 Å². The fraction of sp³-hybridized carbons (Fsp3) is 0.500. The summed E-state index contributed by atoms with van der Waals surface area (Å²) in [5.74, 6) is -0.465. The molecule has 0 heterocycles. The molecule has 0 aromatic heterocycles. The van der Waals surface area contributed by atoms with E-state index < -0.39 is 17.7 Å². The molecule has 0 aromatic rings. The van der Waals surface area contributed by atoms with Gasteiger partial charge in [0.25, 0.3) is 0 Å². The Morgan fingerprint density at radius 1 is 1.29 bits per heavy atom. The highest BCUT2D eigenvalue weighted by atomic mass is 16.6. The van der Waals surface area contributed by atoms with Crippen LogP contribution in [-0.4, -0.2) is 39.0 Å². The summed E-state index contributed by atoms with van der Waals surface area (Å²) in [6, 6.07) is 0. The number of ether oxygens (including phenoxy) is 3. The van der Waals surface area contributed by atoms with Crippen molar-refractivity contribution in [2.24, 2.45) is 0 Å². The van der Waals surface area contributed by atoms with Crippen LogP contribution in [0.4, 0.5) is 0 Å². The quantitative estimate of drug-likeness (QED) is 0.626. The first-order valence-corrected chi connectivity index (χ1v) is 4.23. The molecule has 0 spiro atoms. The third-order valence-corrected chi connectivity index (χ3v) is 2.26. The van der Waals surface area contributed by atoms with E-state index in [2.05, 4.69) is 4.74 Å². The van der Waals surface area contributed by atoms with Gasteiger partial charge in [-0.15, -0.1) is 0 Å². The lowest BCUT2D eigenvalue weighted by Crippen LogP contribution is -2.51. The van der Waals surface area contributed by atoms with E-state index in [0.29, 0.717) is 0 Å². The van der Waals surface area contributed by atoms with Gasteiger partial charge in [-0.1, -0.05) is 18.2 Å². The summed E-state index contributed by atoms with van der Waals surface area (Å²) in [6.45, 7) is 0. The zero-order valence-electron chi connectivity index (χ0n) is 8.52. The van der Waals surface area contributed by atoms with Gasteiger partial charge in [0.05, 0.1) is 7.11 Å². The minimum absolute atomic E-state index is 0.454. The Kier molecular flexibility index (Phi) is 3.43. The van der Waals surface area contributed by atoms with Crippen molar-refractivity contribution in [1.82, 2.24) is 0 Å². The summed E-state index contributed by atoms with van der Waals surface area (Å²) in [4.78, 5) is 11.6. The Balaban J connectivity index is 3.02. The Morgan fingerprint density at radius 3 is 2.50 bits per heavy atom. The molecule has 4 heteroatoms. The largest absolute Gasteiger partial charge is 0.467 e. The van der Waals surface area contributed by atoms with Crippen molar-refractivity contribution in [3.05, 3.63) is 24.3 Å². The third-order valence-electron chi connectivity index (χ3n) is 2.26. The van der Waals surface area contributed by atoms with Gasteiger partial charge < -0.3 is 14.2 Å². The molecule has 0 saturated carbocycles. The van der Waals surface area contributed by atoms with Crippen molar-refractivity contribution in [1.29, 1.82) is 0 Å². The monoisotopic (exact) mass is 198 g/mol. The van der Waals surface area contributed by atoms with Gasteiger partial charge in [0.1, 0.15) is 6.10 Å². The molecule has 0 amide bonds. The predicted octanol–water partition coefficient (Wildman–Crippen LogP) is 0.686. The van der Waals surface area contributed by atoms with Crippen LogP contribution in [0.3, 0.4) is 0 Å². The second-order valence-corrected chi connectivity index (χ2v) is 2.89. The normalized spacial score (nSPS) is 30.4. The molecule has 0 fully saturated rings. The Bertz CT molecular complexity index is 269. The van der Waals surface area contributed by atoms with Gasteiger partial charge in [-0.3, -0.25) is 0 Å². The molecular formula is C10H14O4. The predicted molar refractivity (Wildman–Crippen MR) is 50.8 cm³/mol. The molecule has 0 aromatic carbocycles. The van der Waals surface area contributed by atoms with E-state index in [9.17, 15) is 4.79 Å². The van der Waals surface area contributed by atoms with E-state index in [4.69, 9.17) is 9.47 Å². The number of carbonyl (C=O) groups excluding carboxylic acids is 1. The van der Waals surface area contributed by atoms with E-state index in [1.807, 2.05) is 0 Å². The Hall–Kier alpha value is -1.13. The zero-order valence-corrected chi connectivity index (χ0v) is 8.52. The van der Waals surface area contributed by atoms with E-state index in [1.165, 1.54) is 21.3 Å². The van der Waals surface area contributed by atoms with Crippen LogP contribution in [0.25, 0.3) is 0 Å². The molecule has 1 rings (SSSR count). The van der Waals surface area contributed by atoms with Crippen LogP contribution in [-0.2, 0) is 19.0 Å². The molecule has 0 saturated heterocycles. The van der Waals surface area contributed by atoms with Gasteiger partial charge in [-0.25, -0.2) is 4.79 Å². The average Bonchev–Trinajstić information content (AvgIpc) is 2.27. The van der Waals surface area contributed by atoms with Crippen LogP contribution >= 0.6 is 0 Å². The number of carbonyl (C=O) groups is 1. The molecule has 0 bridgehead atoms. The topological polar surface area (TPSA) is 44.8 Å². The molecule has 78 valence electrons. The number of hydrogen-bond donors (Lipinski definition) is 0. The lowest BCUT2D eigenvalue weighted by Gasteiger charge is -2.33. The van der Waals surface area contributed by atoms with Crippen LogP contribution < -0.4 is 0 Å². The second-order valence-electron chi connectivity index (χ2n) is 2.89. The van der Waals surface area contributed by atoms with Gasteiger partial charge in [0.2, 0.25) is 5.60 Å². The molecule has 0 radical (unpaired) electrons. The van der Waals surface area contributed by atoms with Crippen LogP contribution in [0.15, 0.2) is 24.3 Å². The highest BCUT2D eigenvalue weighted by Crippen LogP contribution is 2.25. The summed E-state index contributed by atoms with van der Waals surface area (Å²) >= 11 is 0. The average molecular weight is 198 g/mol. The number of methoxy groups -OCH3 is 3. The highest BCUT2D eigenvalue weighted by Gasteiger charge is 2.45. The summed E-state index contributed by atoms with van der Waals surface area (Å²) in [6.07, 6.45) is 6.46. The highest BCUT2D eigenvalue weighted by molar-refractivity contribution is 5.84. The fourth-order valence-corrected chi connectivity index (χ4v) is 1.47. The van der Waals surface area contributed by atoms with Crippen molar-refractivity contribution < 1.29 is 19.0 Å². The molecule has 14 heavy (non-hydrogen) atoms. The molecule has 0 N–H and O–H groups in total. The van der Waals surface area contributed by atoms with Gasteiger partial charge in [0, 0.05) is 14.2 Å². The first-order chi connectivity index (χ1) is 6.71. The first-order valence-electron chi connectivity index (χ1n) is 4.23. The molecule has 4 nitrogen and oxygen atoms in total. The molecule has 1 aliphatic rings.